The number of aryl methyl sites for hydroxylation is 1. The minimum atomic E-state index is -3.29. The van der Waals surface area contributed by atoms with Gasteiger partial charge in [-0.3, -0.25) is 4.90 Å². The fraction of sp³-hybridized carbons (Fsp3) is 0.773. The SMILES string of the molecule is Cc1nc(S(C)(=O)=O)ccc1OC1CCC(OC2CCN(C3(C)CC3)CC2)CC1. The molecule has 0 bridgehead atoms. The zero-order valence-corrected chi connectivity index (χ0v) is 18.7. The molecule has 1 aromatic rings. The number of pyridine rings is 1. The summed E-state index contributed by atoms with van der Waals surface area (Å²) in [6.07, 6.45) is 11.1. The summed E-state index contributed by atoms with van der Waals surface area (Å²) in [4.78, 5) is 6.84. The van der Waals surface area contributed by atoms with Gasteiger partial charge in [0.2, 0.25) is 0 Å². The lowest BCUT2D eigenvalue weighted by Gasteiger charge is -2.38. The number of likely N-dealkylation sites (tertiary alicyclic amines) is 1. The van der Waals surface area contributed by atoms with E-state index in [1.165, 1.54) is 38.3 Å². The lowest BCUT2D eigenvalue weighted by Crippen LogP contribution is -2.44. The Balaban J connectivity index is 1.22. The fourth-order valence-electron chi connectivity index (χ4n) is 4.62. The van der Waals surface area contributed by atoms with Crippen molar-refractivity contribution in [3.8, 4) is 5.75 Å². The number of hydrogen-bond acceptors (Lipinski definition) is 6. The lowest BCUT2D eigenvalue weighted by molar-refractivity contribution is -0.0707. The topological polar surface area (TPSA) is 68.7 Å². The summed E-state index contributed by atoms with van der Waals surface area (Å²) in [5.74, 6) is 0.683. The Bertz CT molecular complexity index is 821. The summed E-state index contributed by atoms with van der Waals surface area (Å²) in [6.45, 7) is 6.54. The van der Waals surface area contributed by atoms with Crippen molar-refractivity contribution in [2.75, 3.05) is 19.3 Å². The summed E-state index contributed by atoms with van der Waals surface area (Å²) in [6, 6.07) is 3.26. The van der Waals surface area contributed by atoms with Gasteiger partial charge in [-0.1, -0.05) is 0 Å². The van der Waals surface area contributed by atoms with Crippen molar-refractivity contribution in [1.82, 2.24) is 9.88 Å². The molecule has 1 saturated heterocycles. The summed E-state index contributed by atoms with van der Waals surface area (Å²) >= 11 is 0. The van der Waals surface area contributed by atoms with Gasteiger partial charge in [-0.2, -0.15) is 0 Å². The normalized spacial score (nSPS) is 28.2. The molecule has 1 aromatic heterocycles. The molecule has 0 radical (unpaired) electrons. The highest BCUT2D eigenvalue weighted by atomic mass is 32.2. The first kappa shape index (κ1) is 21.1. The quantitative estimate of drug-likeness (QED) is 0.699. The highest BCUT2D eigenvalue weighted by Crippen LogP contribution is 2.42. The van der Waals surface area contributed by atoms with Crippen LogP contribution in [0.15, 0.2) is 17.2 Å². The molecule has 2 saturated carbocycles. The molecule has 0 spiro atoms. The predicted molar refractivity (Wildman–Crippen MR) is 112 cm³/mol. The smallest absolute Gasteiger partial charge is 0.192 e. The Morgan fingerprint density at radius 3 is 2.14 bits per heavy atom. The number of nitrogens with zero attached hydrogens (tertiary/aromatic N) is 2. The van der Waals surface area contributed by atoms with Gasteiger partial charge in [-0.25, -0.2) is 13.4 Å². The molecule has 1 aliphatic heterocycles. The third-order valence-electron chi connectivity index (χ3n) is 6.87. The molecule has 0 amide bonds. The van der Waals surface area contributed by atoms with Gasteiger partial charge in [0.15, 0.2) is 14.9 Å². The van der Waals surface area contributed by atoms with Crippen molar-refractivity contribution in [2.24, 2.45) is 0 Å². The number of rotatable bonds is 6. The zero-order valence-electron chi connectivity index (χ0n) is 17.9. The lowest BCUT2D eigenvalue weighted by atomic mass is 9.94. The van der Waals surface area contributed by atoms with E-state index in [2.05, 4.69) is 16.8 Å². The monoisotopic (exact) mass is 422 g/mol. The minimum Gasteiger partial charge on any atom is -0.489 e. The van der Waals surface area contributed by atoms with Crippen LogP contribution in [0, 0.1) is 6.92 Å². The second-order valence-electron chi connectivity index (χ2n) is 9.34. The van der Waals surface area contributed by atoms with Crippen LogP contribution in [0.3, 0.4) is 0 Å². The van der Waals surface area contributed by atoms with Crippen molar-refractivity contribution in [2.45, 2.75) is 94.1 Å². The maximum atomic E-state index is 11.6. The Morgan fingerprint density at radius 2 is 1.59 bits per heavy atom. The standard InChI is InChI=1S/C22H34N2O4S/c1-16-20(8-9-21(23-16)29(3,25)26)28-18-6-4-17(5-7-18)27-19-10-14-24(15-11-19)22(2)12-13-22/h8-9,17-19H,4-7,10-15H2,1-3H3. The van der Waals surface area contributed by atoms with Gasteiger partial charge in [0, 0.05) is 24.9 Å². The summed E-state index contributed by atoms with van der Waals surface area (Å²) in [7, 11) is -3.29. The average Bonchev–Trinajstić information content (AvgIpc) is 3.43. The van der Waals surface area contributed by atoms with Gasteiger partial charge in [-0.15, -0.1) is 0 Å². The molecule has 0 unspecified atom stereocenters. The number of ether oxygens (including phenoxy) is 2. The van der Waals surface area contributed by atoms with E-state index >= 15 is 0 Å². The second-order valence-corrected chi connectivity index (χ2v) is 11.3. The van der Waals surface area contributed by atoms with Crippen molar-refractivity contribution in [1.29, 1.82) is 0 Å². The first-order valence-corrected chi connectivity index (χ1v) is 12.9. The summed E-state index contributed by atoms with van der Waals surface area (Å²) in [5.41, 5.74) is 1.12. The molecule has 2 heterocycles. The maximum Gasteiger partial charge on any atom is 0.192 e. The van der Waals surface area contributed by atoms with E-state index in [1.807, 2.05) is 0 Å². The Morgan fingerprint density at radius 1 is 1.00 bits per heavy atom. The molecular formula is C22H34N2O4S. The zero-order chi connectivity index (χ0) is 20.6. The van der Waals surface area contributed by atoms with Crippen LogP contribution >= 0.6 is 0 Å². The van der Waals surface area contributed by atoms with E-state index in [9.17, 15) is 8.42 Å². The molecule has 29 heavy (non-hydrogen) atoms. The molecule has 0 aromatic carbocycles. The van der Waals surface area contributed by atoms with Crippen molar-refractivity contribution < 1.29 is 17.9 Å². The van der Waals surface area contributed by atoms with Gasteiger partial charge in [0.25, 0.3) is 0 Å². The second kappa shape index (κ2) is 8.16. The van der Waals surface area contributed by atoms with E-state index < -0.39 is 9.84 Å². The maximum absolute atomic E-state index is 11.6. The summed E-state index contributed by atoms with van der Waals surface area (Å²) in [5, 5.41) is 0.0983. The first-order valence-electron chi connectivity index (χ1n) is 11.0. The third-order valence-corrected chi connectivity index (χ3v) is 7.86. The van der Waals surface area contributed by atoms with Crippen molar-refractivity contribution in [3.05, 3.63) is 17.8 Å². The first-order chi connectivity index (χ1) is 13.7. The fourth-order valence-corrected chi connectivity index (χ4v) is 5.24. The average molecular weight is 423 g/mol. The van der Waals surface area contributed by atoms with Crippen molar-refractivity contribution in [3.63, 3.8) is 0 Å². The van der Waals surface area contributed by atoms with E-state index in [0.29, 0.717) is 29.2 Å². The van der Waals surface area contributed by atoms with E-state index in [4.69, 9.17) is 9.47 Å². The molecule has 162 valence electrons. The molecule has 0 atom stereocenters. The van der Waals surface area contributed by atoms with Crippen LogP contribution in [0.25, 0.3) is 0 Å². The van der Waals surface area contributed by atoms with E-state index in [1.54, 1.807) is 13.0 Å². The van der Waals surface area contributed by atoms with Crippen LogP contribution in [0.2, 0.25) is 0 Å². The van der Waals surface area contributed by atoms with Crippen molar-refractivity contribution >= 4 is 9.84 Å². The third kappa shape index (κ3) is 5.12. The van der Waals surface area contributed by atoms with E-state index in [0.717, 1.165) is 38.5 Å². The molecule has 3 aliphatic rings. The number of hydrogen-bond donors (Lipinski definition) is 0. The minimum absolute atomic E-state index is 0.0983. The van der Waals surface area contributed by atoms with Gasteiger partial charge in [0.05, 0.1) is 24.0 Å². The molecule has 0 N–H and O–H groups in total. The Kier molecular flexibility index (Phi) is 5.93. The van der Waals surface area contributed by atoms with Crippen LogP contribution in [0.1, 0.15) is 64.0 Å². The Hall–Kier alpha value is -1.18. The summed E-state index contributed by atoms with van der Waals surface area (Å²) < 4.78 is 35.8. The molecule has 4 rings (SSSR count). The largest absolute Gasteiger partial charge is 0.489 e. The number of sulfone groups is 1. The highest BCUT2D eigenvalue weighted by molar-refractivity contribution is 7.90. The molecule has 6 nitrogen and oxygen atoms in total. The number of piperidine rings is 1. The number of aromatic nitrogens is 1. The van der Waals surface area contributed by atoms with Gasteiger partial charge in [-0.05, 0) is 77.3 Å². The van der Waals surface area contributed by atoms with Crippen LogP contribution in [0.5, 0.6) is 5.75 Å². The molecular weight excluding hydrogens is 388 g/mol. The predicted octanol–water partition coefficient (Wildman–Crippen LogP) is 3.52. The van der Waals surface area contributed by atoms with Crippen LogP contribution in [-0.4, -0.2) is 61.5 Å². The Labute approximate surface area is 174 Å². The molecule has 3 fully saturated rings. The van der Waals surface area contributed by atoms with Crippen LogP contribution in [0.4, 0.5) is 0 Å². The van der Waals surface area contributed by atoms with Crippen LogP contribution in [-0.2, 0) is 14.6 Å². The van der Waals surface area contributed by atoms with E-state index in [-0.39, 0.29) is 11.1 Å². The van der Waals surface area contributed by atoms with Crippen LogP contribution < -0.4 is 4.74 Å². The van der Waals surface area contributed by atoms with Gasteiger partial charge in [0.1, 0.15) is 5.75 Å². The van der Waals surface area contributed by atoms with Gasteiger partial charge >= 0.3 is 0 Å². The highest BCUT2D eigenvalue weighted by Gasteiger charge is 2.44. The molecule has 7 heteroatoms. The molecule has 2 aliphatic carbocycles. The van der Waals surface area contributed by atoms with Gasteiger partial charge < -0.3 is 9.47 Å².